The molecule has 2 aliphatic carbocycles. The largest absolute Gasteiger partial charge is 0.463 e. The van der Waals surface area contributed by atoms with E-state index < -0.39 is 11.8 Å². The highest BCUT2D eigenvalue weighted by atomic mass is 127. The number of rotatable bonds is 30. The van der Waals surface area contributed by atoms with E-state index in [0.29, 0.717) is 92.8 Å². The number of esters is 2. The molecule has 0 aromatic heterocycles. The zero-order chi connectivity index (χ0) is 49.3. The van der Waals surface area contributed by atoms with Gasteiger partial charge in [-0.15, -0.1) is 0 Å². The van der Waals surface area contributed by atoms with Gasteiger partial charge in [0, 0.05) is 79.0 Å². The van der Waals surface area contributed by atoms with Gasteiger partial charge in [0.25, 0.3) is 0 Å². The van der Waals surface area contributed by atoms with E-state index in [0.717, 1.165) is 106 Å². The summed E-state index contributed by atoms with van der Waals surface area (Å²) in [5.41, 5.74) is 0. The predicted molar refractivity (Wildman–Crippen MR) is 276 cm³/mol. The summed E-state index contributed by atoms with van der Waals surface area (Å²) in [6.07, 6.45) is 27.2. The molecule has 3 aliphatic rings. The van der Waals surface area contributed by atoms with Crippen LogP contribution in [-0.4, -0.2) is 80.6 Å². The number of carbonyl (C=O) groups excluding carboxylic acids is 6. The van der Waals surface area contributed by atoms with Crippen LogP contribution in [0.2, 0.25) is 0 Å². The molecule has 0 aromatic carbocycles. The molecule has 0 unspecified atom stereocenters. The number of ether oxygens (including phenoxy) is 4. The number of carbonyl (C=O) groups is 6. The summed E-state index contributed by atoms with van der Waals surface area (Å²) in [6, 6.07) is 0. The van der Waals surface area contributed by atoms with Crippen molar-refractivity contribution in [1.29, 1.82) is 0 Å². The van der Waals surface area contributed by atoms with Crippen LogP contribution in [0.4, 0.5) is 0 Å². The fraction of sp³-hybridized carbons (Fsp3) is 0.808. The first-order chi connectivity index (χ1) is 31.6. The predicted octanol–water partition coefficient (Wildman–Crippen LogP) is 12.7. The van der Waals surface area contributed by atoms with Crippen LogP contribution in [-0.2, 0) is 52.6 Å². The summed E-state index contributed by atoms with van der Waals surface area (Å²) in [5.74, 6) is 1.50. The van der Waals surface area contributed by atoms with Crippen molar-refractivity contribution < 1.29 is 57.9 Å². The lowest BCUT2D eigenvalue weighted by atomic mass is 9.82. The number of hydrogen-bond acceptors (Lipinski definition) is 12. The van der Waals surface area contributed by atoms with Crippen molar-refractivity contribution in [3.63, 3.8) is 0 Å². The molecule has 1 saturated heterocycles. The molecule has 66 heavy (non-hydrogen) atoms. The average Bonchev–Trinajstić information content (AvgIpc) is 3.96. The van der Waals surface area contributed by atoms with E-state index in [2.05, 4.69) is 88.2 Å². The molecule has 6 atom stereocenters. The number of unbranched alkanes of at least 4 members (excludes halogenated alkanes) is 6. The number of ketones is 3. The number of allylic oxidation sites excluding steroid dienone is 4. The lowest BCUT2D eigenvalue weighted by molar-refractivity contribution is -0.231. The number of hydrogen-bond donors (Lipinski definition) is 1. The summed E-state index contributed by atoms with van der Waals surface area (Å²) in [6.45, 7) is 14.3. The molecular weight excluding hydrogens is 1070 g/mol. The van der Waals surface area contributed by atoms with Crippen molar-refractivity contribution in [2.75, 3.05) is 22.1 Å². The van der Waals surface area contributed by atoms with Crippen LogP contribution in [0.25, 0.3) is 0 Å². The number of halogens is 2. The Hall–Kier alpha value is -1.76. The fourth-order valence-electron chi connectivity index (χ4n) is 9.14. The van der Waals surface area contributed by atoms with E-state index in [1.54, 1.807) is 0 Å². The molecule has 0 aromatic rings. The standard InChI is InChI=1S/C26H43IO5.C24H39IO4.C2H4O3/c1-4-5-10-14-26(30-16-17-31-26)15-13-22-21(19-27)18-24(28)23(22)11-8-6-7-9-12-25(29)32-20(2)3;1-4-5-8-11-20(26)14-15-21-19(17-25)16-23(27)22(21)12-9-6-7-10-13-24(28)29-18(2)3;1-2(3)5-4/h6,8,20-23H,4-5,7,9-19H2,1-3H3;6,9,18-19,21-22H,4-5,7-8,10-17H2,1-3H3;4H,1H3/t21-,22-,23+;19-,21-,22+;/m00./s1. The zero-order valence-electron chi connectivity index (χ0n) is 41.5. The minimum atomic E-state index is -0.690. The molecule has 1 heterocycles. The van der Waals surface area contributed by atoms with Gasteiger partial charge in [0.05, 0.1) is 25.4 Å². The Balaban J connectivity index is 0.000000601. The van der Waals surface area contributed by atoms with Crippen LogP contribution in [0.1, 0.15) is 190 Å². The second-order valence-electron chi connectivity index (χ2n) is 18.7. The van der Waals surface area contributed by atoms with Crippen LogP contribution in [0, 0.1) is 35.5 Å². The van der Waals surface area contributed by atoms with E-state index in [-0.39, 0.29) is 36.0 Å². The lowest BCUT2D eigenvalue weighted by Crippen LogP contribution is -2.32. The average molecular weight is 1160 g/mol. The van der Waals surface area contributed by atoms with Crippen molar-refractivity contribution in [3.8, 4) is 0 Å². The monoisotopic (exact) mass is 1160 g/mol. The molecule has 3 fully saturated rings. The Morgan fingerprint density at radius 3 is 1.55 bits per heavy atom. The van der Waals surface area contributed by atoms with Crippen LogP contribution in [0.15, 0.2) is 24.3 Å². The van der Waals surface area contributed by atoms with Gasteiger partial charge in [-0.05, 0) is 116 Å². The SMILES string of the molecule is CC(=O)OO.CCCCCC(=O)CC[C@H]1[C@H](CI)CC(=O)[C@@H]1CC=CCCCC(=O)OC(C)C.CCCCCC1(CC[C@H]2[C@H](CI)CC(=O)[C@@H]2CC=CCCCC(=O)OC(C)C)OCCO1. The highest BCUT2D eigenvalue weighted by Crippen LogP contribution is 2.44. The molecule has 14 heteroatoms. The Morgan fingerprint density at radius 2 is 1.12 bits per heavy atom. The van der Waals surface area contributed by atoms with Crippen LogP contribution in [0.3, 0.4) is 0 Å². The molecular formula is C52H86I2O12. The van der Waals surface area contributed by atoms with Gasteiger partial charge in [-0.25, -0.2) is 4.79 Å². The molecule has 0 bridgehead atoms. The van der Waals surface area contributed by atoms with Gasteiger partial charge in [-0.2, -0.15) is 5.26 Å². The van der Waals surface area contributed by atoms with Gasteiger partial charge in [0.1, 0.15) is 17.3 Å². The second-order valence-corrected chi connectivity index (χ2v) is 20.5. The Kier molecular flexibility index (Phi) is 35.0. The third-order valence-corrected chi connectivity index (χ3v) is 14.8. The van der Waals surface area contributed by atoms with Gasteiger partial charge in [0.2, 0.25) is 0 Å². The van der Waals surface area contributed by atoms with Crippen LogP contribution in [0.5, 0.6) is 0 Å². The van der Waals surface area contributed by atoms with Crippen molar-refractivity contribution in [2.24, 2.45) is 35.5 Å². The van der Waals surface area contributed by atoms with Gasteiger partial charge in [-0.3, -0.25) is 24.0 Å². The maximum atomic E-state index is 12.8. The first kappa shape index (κ1) is 62.3. The van der Waals surface area contributed by atoms with E-state index >= 15 is 0 Å². The quantitative estimate of drug-likeness (QED) is 0.0106. The highest BCUT2D eigenvalue weighted by molar-refractivity contribution is 14.1. The third-order valence-electron chi connectivity index (χ3n) is 12.5. The summed E-state index contributed by atoms with van der Waals surface area (Å²) >= 11 is 4.82. The molecule has 0 radical (unpaired) electrons. The lowest BCUT2D eigenvalue weighted by Gasteiger charge is -2.31. The first-order valence-electron chi connectivity index (χ1n) is 25.0. The first-order valence-corrected chi connectivity index (χ1v) is 28.1. The van der Waals surface area contributed by atoms with Crippen LogP contribution >= 0.6 is 45.2 Å². The van der Waals surface area contributed by atoms with E-state index in [1.807, 2.05) is 27.7 Å². The minimum absolute atomic E-state index is 0.0555. The molecule has 3 rings (SSSR count). The topological polar surface area (TPSA) is 169 Å². The molecule has 0 spiro atoms. The van der Waals surface area contributed by atoms with Crippen molar-refractivity contribution >= 4 is 80.4 Å². The van der Waals surface area contributed by atoms with E-state index in [1.165, 1.54) is 12.8 Å². The Bertz CT molecular complexity index is 1460. The van der Waals surface area contributed by atoms with Crippen LogP contribution < -0.4 is 0 Å². The summed E-state index contributed by atoms with van der Waals surface area (Å²) in [7, 11) is 0. The van der Waals surface area contributed by atoms with Crippen molar-refractivity contribution in [3.05, 3.63) is 24.3 Å². The molecule has 2 saturated carbocycles. The maximum Gasteiger partial charge on any atom is 0.339 e. The number of Topliss-reactive ketones (excluding diaryl/α,β-unsaturated/α-hetero) is 3. The third kappa shape index (κ3) is 26.8. The highest BCUT2D eigenvalue weighted by Gasteiger charge is 2.44. The molecule has 12 nitrogen and oxygen atoms in total. The fourth-order valence-corrected chi connectivity index (χ4v) is 11.1. The maximum absolute atomic E-state index is 12.8. The van der Waals surface area contributed by atoms with Gasteiger partial charge < -0.3 is 23.8 Å². The summed E-state index contributed by atoms with van der Waals surface area (Å²) in [4.78, 5) is 73.1. The second kappa shape index (κ2) is 37.1. The minimum Gasteiger partial charge on any atom is -0.463 e. The van der Waals surface area contributed by atoms with Crippen molar-refractivity contribution in [1.82, 2.24) is 0 Å². The molecule has 1 N–H and O–H groups in total. The van der Waals surface area contributed by atoms with Gasteiger partial charge >= 0.3 is 17.9 Å². The zero-order valence-corrected chi connectivity index (χ0v) is 45.8. The van der Waals surface area contributed by atoms with Crippen molar-refractivity contribution in [2.45, 2.75) is 208 Å². The number of alkyl halides is 2. The molecule has 380 valence electrons. The summed E-state index contributed by atoms with van der Waals surface area (Å²) < 4.78 is 24.5. The molecule has 0 amide bonds. The van der Waals surface area contributed by atoms with E-state index in [9.17, 15) is 28.8 Å². The Labute approximate surface area is 425 Å². The van der Waals surface area contributed by atoms with E-state index in [4.69, 9.17) is 24.2 Å². The summed E-state index contributed by atoms with van der Waals surface area (Å²) in [5, 5.41) is 7.29. The normalized spacial score (nSPS) is 22.4. The smallest absolute Gasteiger partial charge is 0.339 e. The molecule has 1 aliphatic heterocycles. The van der Waals surface area contributed by atoms with Gasteiger partial charge in [0.15, 0.2) is 5.79 Å². The Morgan fingerprint density at radius 1 is 0.667 bits per heavy atom. The van der Waals surface area contributed by atoms with Gasteiger partial charge in [-0.1, -0.05) is 109 Å².